The van der Waals surface area contributed by atoms with Crippen molar-refractivity contribution in [1.82, 2.24) is 10.1 Å². The normalized spacial score (nSPS) is 23.8. The van der Waals surface area contributed by atoms with E-state index >= 15 is 0 Å². The highest BCUT2D eigenvalue weighted by Crippen LogP contribution is 2.66. The van der Waals surface area contributed by atoms with Crippen LogP contribution in [0.4, 0.5) is 4.79 Å². The van der Waals surface area contributed by atoms with Crippen LogP contribution >= 0.6 is 0 Å². The Morgan fingerprint density at radius 1 is 1.10 bits per heavy atom. The Balaban J connectivity index is 1.39. The van der Waals surface area contributed by atoms with E-state index in [1.165, 1.54) is 0 Å². The standard InChI is InChI=1S/C36H38N2O10/c1-7-8-14-44-33-25-30(48-37-33)26(38(5)6)22-17-18-16-21-24(27(40)23(18)32-36(22,46-32)31(25)41)29(45-34(42)47-35(2,3)4)20-12-10-9-11-19(20)28(21)43-15-13-39/h9-13,18,22,26H,7-8,14-17H2,1-6H3/t18-,22-,26-,36+/m0/s1. The molecule has 1 saturated heterocycles. The average molecular weight is 659 g/mol. The van der Waals surface area contributed by atoms with Crippen molar-refractivity contribution in [2.24, 2.45) is 11.8 Å². The SMILES string of the molecule is CCCCOc1noc2c1C(=O)[C@@]13OC1=C1C(=O)c4c(c(OCC=O)c5ccccc5c4OC(=O)OC(C)(C)C)C[C@H]1C[C@H]3[C@@H]2N(C)C. The van der Waals surface area contributed by atoms with Crippen LogP contribution in [0.2, 0.25) is 0 Å². The molecule has 12 heteroatoms. The molecule has 4 atom stereocenters. The zero-order valence-electron chi connectivity index (χ0n) is 27.8. The fourth-order valence-corrected chi connectivity index (χ4v) is 7.61. The molecule has 3 aromatic rings. The first-order chi connectivity index (χ1) is 22.9. The van der Waals surface area contributed by atoms with E-state index in [0.29, 0.717) is 64.9 Å². The molecule has 1 aromatic heterocycles. The van der Waals surface area contributed by atoms with Crippen LogP contribution in [0.3, 0.4) is 0 Å². The molecule has 0 N–H and O–H groups in total. The second-order valence-electron chi connectivity index (χ2n) is 13.9. The minimum absolute atomic E-state index is 0.0238. The van der Waals surface area contributed by atoms with Gasteiger partial charge in [0.05, 0.1) is 18.2 Å². The summed E-state index contributed by atoms with van der Waals surface area (Å²) in [6.45, 7) is 7.32. The third kappa shape index (κ3) is 4.79. The fraction of sp³-hybridized carbons (Fsp3) is 0.472. The maximum atomic E-state index is 14.8. The molecule has 48 heavy (non-hydrogen) atoms. The number of unbranched alkanes of at least 4 members (excludes halogenated alkanes) is 1. The van der Waals surface area contributed by atoms with Crippen molar-refractivity contribution in [3.8, 4) is 17.4 Å². The smallest absolute Gasteiger partial charge is 0.485 e. The highest BCUT2D eigenvalue weighted by atomic mass is 16.7. The number of benzene rings is 2. The monoisotopic (exact) mass is 658 g/mol. The predicted molar refractivity (Wildman–Crippen MR) is 171 cm³/mol. The van der Waals surface area contributed by atoms with Gasteiger partial charge in [0.25, 0.3) is 5.88 Å². The van der Waals surface area contributed by atoms with Gasteiger partial charge in [-0.05, 0) is 65.2 Å². The van der Waals surface area contributed by atoms with Gasteiger partial charge in [-0.2, -0.15) is 0 Å². The van der Waals surface area contributed by atoms with E-state index in [9.17, 15) is 19.2 Å². The summed E-state index contributed by atoms with van der Waals surface area (Å²) >= 11 is 0. The van der Waals surface area contributed by atoms with E-state index in [0.717, 1.165) is 12.8 Å². The first-order valence-corrected chi connectivity index (χ1v) is 16.3. The molecular formula is C36H38N2O10. The summed E-state index contributed by atoms with van der Waals surface area (Å²) in [6, 6.07) is 6.67. The number of ketones is 2. The summed E-state index contributed by atoms with van der Waals surface area (Å²) in [7, 11) is 3.80. The van der Waals surface area contributed by atoms with Gasteiger partial charge in [-0.3, -0.25) is 19.3 Å². The molecular weight excluding hydrogens is 620 g/mol. The Hall–Kier alpha value is -4.71. The van der Waals surface area contributed by atoms with Crippen molar-refractivity contribution in [1.29, 1.82) is 0 Å². The molecule has 0 bridgehead atoms. The maximum absolute atomic E-state index is 14.8. The summed E-state index contributed by atoms with van der Waals surface area (Å²) in [4.78, 5) is 55.7. The van der Waals surface area contributed by atoms with Gasteiger partial charge in [0, 0.05) is 27.8 Å². The number of rotatable bonds is 9. The molecule has 0 radical (unpaired) electrons. The molecule has 0 saturated carbocycles. The number of epoxide rings is 1. The number of Topliss-reactive ketones (excluding diaryl/α,β-unsaturated/α-hetero) is 2. The second-order valence-corrected chi connectivity index (χ2v) is 13.9. The summed E-state index contributed by atoms with van der Waals surface area (Å²) in [5, 5.41) is 5.16. The zero-order valence-corrected chi connectivity index (χ0v) is 27.8. The van der Waals surface area contributed by atoms with Crippen molar-refractivity contribution in [3.63, 3.8) is 0 Å². The molecule has 3 aliphatic carbocycles. The van der Waals surface area contributed by atoms with E-state index in [-0.39, 0.29) is 47.0 Å². The van der Waals surface area contributed by atoms with Crippen molar-refractivity contribution in [2.75, 3.05) is 27.3 Å². The van der Waals surface area contributed by atoms with Crippen LogP contribution in [0.15, 0.2) is 40.1 Å². The van der Waals surface area contributed by atoms with Gasteiger partial charge in [-0.1, -0.05) is 37.6 Å². The van der Waals surface area contributed by atoms with Gasteiger partial charge in [0.1, 0.15) is 23.5 Å². The molecule has 1 spiro atoms. The van der Waals surface area contributed by atoms with Gasteiger partial charge < -0.3 is 28.2 Å². The lowest BCUT2D eigenvalue weighted by Gasteiger charge is -2.41. The lowest BCUT2D eigenvalue weighted by Crippen LogP contribution is -2.49. The van der Waals surface area contributed by atoms with Crippen molar-refractivity contribution >= 4 is 34.8 Å². The topological polar surface area (TPSA) is 147 Å². The molecule has 12 nitrogen and oxygen atoms in total. The van der Waals surface area contributed by atoms with Crippen LogP contribution in [0.25, 0.3) is 10.8 Å². The Kier molecular flexibility index (Phi) is 7.61. The number of aromatic nitrogens is 1. The minimum Gasteiger partial charge on any atom is -0.485 e. The number of hydrogen-bond donors (Lipinski definition) is 0. The summed E-state index contributed by atoms with van der Waals surface area (Å²) in [6.07, 6.45) is 2.07. The Morgan fingerprint density at radius 2 is 1.83 bits per heavy atom. The molecule has 7 rings (SSSR count). The summed E-state index contributed by atoms with van der Waals surface area (Å²) in [5.41, 5.74) is -1.000. The number of ether oxygens (including phenoxy) is 5. The molecule has 0 amide bonds. The molecule has 1 fully saturated rings. The van der Waals surface area contributed by atoms with E-state index < -0.39 is 29.2 Å². The lowest BCUT2D eigenvalue weighted by atomic mass is 9.61. The van der Waals surface area contributed by atoms with Gasteiger partial charge >= 0.3 is 6.16 Å². The Labute approximate surface area is 277 Å². The van der Waals surface area contributed by atoms with Crippen molar-refractivity contribution in [2.45, 2.75) is 70.6 Å². The zero-order chi connectivity index (χ0) is 34.1. The van der Waals surface area contributed by atoms with Crippen LogP contribution in [-0.2, 0) is 20.7 Å². The molecule has 252 valence electrons. The molecule has 2 aromatic carbocycles. The van der Waals surface area contributed by atoms with Crippen LogP contribution in [-0.4, -0.2) is 72.6 Å². The third-order valence-corrected chi connectivity index (χ3v) is 9.48. The van der Waals surface area contributed by atoms with Crippen LogP contribution in [0, 0.1) is 11.8 Å². The highest BCUT2D eigenvalue weighted by Gasteiger charge is 2.75. The summed E-state index contributed by atoms with van der Waals surface area (Å²) < 4.78 is 35.4. The highest BCUT2D eigenvalue weighted by molar-refractivity contribution is 6.20. The quantitative estimate of drug-likeness (QED) is 0.0900. The Bertz CT molecular complexity index is 1900. The fourth-order valence-electron chi connectivity index (χ4n) is 7.61. The average Bonchev–Trinajstić information content (AvgIpc) is 3.65. The number of hydrogen-bond acceptors (Lipinski definition) is 12. The van der Waals surface area contributed by atoms with Gasteiger partial charge in [0.15, 0.2) is 29.3 Å². The minimum atomic E-state index is -1.38. The van der Waals surface area contributed by atoms with Crippen molar-refractivity contribution in [3.05, 3.63) is 58.0 Å². The van der Waals surface area contributed by atoms with Crippen LogP contribution in [0.5, 0.6) is 17.4 Å². The number of fused-ring (bicyclic) bond motifs is 4. The van der Waals surface area contributed by atoms with Crippen LogP contribution < -0.4 is 14.2 Å². The van der Waals surface area contributed by atoms with E-state index in [2.05, 4.69) is 5.16 Å². The van der Waals surface area contributed by atoms with E-state index in [1.807, 2.05) is 25.9 Å². The molecule has 4 aliphatic rings. The molecule has 2 heterocycles. The van der Waals surface area contributed by atoms with E-state index in [1.54, 1.807) is 45.0 Å². The van der Waals surface area contributed by atoms with Gasteiger partial charge in [-0.15, -0.1) is 0 Å². The lowest BCUT2D eigenvalue weighted by molar-refractivity contribution is -0.109. The number of nitrogens with zero attached hydrogens (tertiary/aromatic N) is 2. The largest absolute Gasteiger partial charge is 0.514 e. The number of carbonyl (C=O) groups excluding carboxylic acids is 4. The number of carbonyl (C=O) groups is 4. The first kappa shape index (κ1) is 31.9. The molecule has 0 unspecified atom stereocenters. The van der Waals surface area contributed by atoms with Gasteiger partial charge in [-0.25, -0.2) is 4.79 Å². The van der Waals surface area contributed by atoms with E-state index in [4.69, 9.17) is 28.2 Å². The Morgan fingerprint density at radius 3 is 2.50 bits per heavy atom. The predicted octanol–water partition coefficient (Wildman–Crippen LogP) is 5.80. The van der Waals surface area contributed by atoms with Crippen molar-refractivity contribution < 1.29 is 47.4 Å². The third-order valence-electron chi connectivity index (χ3n) is 9.48. The summed E-state index contributed by atoms with van der Waals surface area (Å²) in [5.74, 6) is -0.281. The van der Waals surface area contributed by atoms with Crippen LogP contribution in [0.1, 0.15) is 85.0 Å². The number of allylic oxidation sites excluding steroid dienone is 1. The molecule has 1 aliphatic heterocycles. The number of aldehydes is 1. The van der Waals surface area contributed by atoms with Gasteiger partial charge in [0.2, 0.25) is 11.4 Å². The second kappa shape index (κ2) is 11.5. The maximum Gasteiger partial charge on any atom is 0.514 e. The first-order valence-electron chi connectivity index (χ1n) is 16.3.